The van der Waals surface area contributed by atoms with Crippen LogP contribution in [0.3, 0.4) is 0 Å². The van der Waals surface area contributed by atoms with E-state index < -0.39 is 0 Å². The second-order valence-corrected chi connectivity index (χ2v) is 1.26. The van der Waals surface area contributed by atoms with Crippen LogP contribution in [0.5, 0.6) is 0 Å². The molecule has 0 saturated carbocycles. The Bertz CT molecular complexity index is 153. The van der Waals surface area contributed by atoms with E-state index in [9.17, 15) is 0 Å². The van der Waals surface area contributed by atoms with Gasteiger partial charge in [-0.15, -0.1) is 0 Å². The van der Waals surface area contributed by atoms with Crippen molar-refractivity contribution in [2.24, 2.45) is 0 Å². The van der Waals surface area contributed by atoms with Gasteiger partial charge in [0.15, 0.2) is 0 Å². The summed E-state index contributed by atoms with van der Waals surface area (Å²) >= 11 is 0. The van der Waals surface area contributed by atoms with Crippen LogP contribution in [0.15, 0.2) is 29.4 Å². The molecular formula is C4H5N5O. The molecule has 10 heavy (non-hydrogen) atoms. The summed E-state index contributed by atoms with van der Waals surface area (Å²) in [5.74, 6) is 0. The molecule has 0 aromatic carbocycles. The van der Waals surface area contributed by atoms with Crippen molar-refractivity contribution in [2.75, 3.05) is 0 Å². The second kappa shape index (κ2) is 4.19. The average Bonchev–Trinajstić information content (AvgIpc) is 2.67. The van der Waals surface area contributed by atoms with Gasteiger partial charge in [-0.2, -0.15) is 5.10 Å². The van der Waals surface area contributed by atoms with Gasteiger partial charge in [-0.05, 0) is 11.3 Å². The van der Waals surface area contributed by atoms with Crippen LogP contribution in [0.1, 0.15) is 0 Å². The lowest BCUT2D eigenvalue weighted by molar-refractivity contribution is 0.392. The van der Waals surface area contributed by atoms with Crippen molar-refractivity contribution in [3.05, 3.63) is 24.9 Å². The Labute approximate surface area is 56.2 Å². The van der Waals surface area contributed by atoms with Gasteiger partial charge in [0.25, 0.3) is 0 Å². The highest BCUT2D eigenvalue weighted by Gasteiger charge is 1.62. The average molecular weight is 139 g/mol. The molecule has 0 atom stereocenters. The van der Waals surface area contributed by atoms with Crippen molar-refractivity contribution in [3.63, 3.8) is 0 Å². The summed E-state index contributed by atoms with van der Waals surface area (Å²) in [5, 5.41) is 15.4. The number of rotatable bonds is 0. The largest absolute Gasteiger partial charge is 0.324 e. The Morgan fingerprint density at radius 2 is 2.40 bits per heavy atom. The summed E-state index contributed by atoms with van der Waals surface area (Å²) in [4.78, 5) is 0. The van der Waals surface area contributed by atoms with Gasteiger partial charge in [-0.25, -0.2) is 0 Å². The molecule has 0 aliphatic heterocycles. The third-order valence-corrected chi connectivity index (χ3v) is 0.635. The molecule has 0 fully saturated rings. The number of hydrogen-bond donors (Lipinski definition) is 1. The molecule has 0 aliphatic carbocycles. The van der Waals surface area contributed by atoms with Crippen LogP contribution in [-0.2, 0) is 0 Å². The molecule has 2 aromatic rings. The van der Waals surface area contributed by atoms with E-state index in [4.69, 9.17) is 0 Å². The predicted molar refractivity (Wildman–Crippen MR) is 30.7 cm³/mol. The Kier molecular flexibility index (Phi) is 2.68. The van der Waals surface area contributed by atoms with Crippen LogP contribution in [0.25, 0.3) is 0 Å². The van der Waals surface area contributed by atoms with E-state index in [0.717, 1.165) is 6.39 Å². The normalized spacial score (nSPS) is 8.00. The fraction of sp³-hybridized carbons (Fsp3) is 0. The van der Waals surface area contributed by atoms with Crippen LogP contribution < -0.4 is 0 Å². The van der Waals surface area contributed by atoms with E-state index in [1.165, 1.54) is 0 Å². The van der Waals surface area contributed by atoms with Gasteiger partial charge in [0.2, 0.25) is 6.39 Å². The van der Waals surface area contributed by atoms with Crippen molar-refractivity contribution in [3.8, 4) is 0 Å². The Morgan fingerprint density at radius 3 is 2.60 bits per heavy atom. The fourth-order valence-corrected chi connectivity index (χ4v) is 0.321. The highest BCUT2D eigenvalue weighted by Crippen LogP contribution is 1.64. The van der Waals surface area contributed by atoms with Crippen LogP contribution in [0, 0.1) is 0 Å². The lowest BCUT2D eigenvalue weighted by Crippen LogP contribution is -1.61. The van der Waals surface area contributed by atoms with Crippen LogP contribution in [0.2, 0.25) is 0 Å². The van der Waals surface area contributed by atoms with Gasteiger partial charge in [0, 0.05) is 12.4 Å². The minimum absolute atomic E-state index is 1.15. The SMILES string of the molecule is c1cn[nH]c1.c1nnno1. The Morgan fingerprint density at radius 1 is 1.40 bits per heavy atom. The molecule has 52 valence electrons. The minimum Gasteiger partial charge on any atom is -0.324 e. The fourth-order valence-electron chi connectivity index (χ4n) is 0.321. The van der Waals surface area contributed by atoms with Gasteiger partial charge in [-0.3, -0.25) is 5.10 Å². The van der Waals surface area contributed by atoms with Crippen molar-refractivity contribution in [2.45, 2.75) is 0 Å². The monoisotopic (exact) mass is 139 g/mol. The smallest absolute Gasteiger partial charge is 0.235 e. The Balaban J connectivity index is 0.0000001000. The molecule has 2 heterocycles. The molecule has 0 radical (unpaired) electrons. The first kappa shape index (κ1) is 6.40. The van der Waals surface area contributed by atoms with E-state index in [1.54, 1.807) is 12.4 Å². The number of nitrogens with one attached hydrogen (secondary N) is 1. The zero-order chi connectivity index (χ0) is 7.07. The van der Waals surface area contributed by atoms with Crippen molar-refractivity contribution >= 4 is 0 Å². The van der Waals surface area contributed by atoms with E-state index in [0.29, 0.717) is 0 Å². The van der Waals surface area contributed by atoms with Gasteiger partial charge in [0.05, 0.1) is 5.27 Å². The number of aromatic nitrogens is 5. The Hall–Kier alpha value is -1.72. The summed E-state index contributed by atoms with van der Waals surface area (Å²) in [6, 6.07) is 1.83. The maximum atomic E-state index is 4.11. The maximum absolute atomic E-state index is 4.11. The predicted octanol–water partition coefficient (Wildman–Crippen LogP) is -0.126. The van der Waals surface area contributed by atoms with Crippen LogP contribution >= 0.6 is 0 Å². The highest BCUT2D eigenvalue weighted by molar-refractivity contribution is 4.72. The first-order valence-electron chi connectivity index (χ1n) is 2.51. The standard InChI is InChI=1S/C3H4N2.CHN3O/c1-2-4-5-3-1;1-2-3-4-5-1/h1-3H,(H,4,5);1H. The molecule has 0 aliphatic rings. The molecule has 0 unspecified atom stereocenters. The highest BCUT2D eigenvalue weighted by atomic mass is 16.5. The summed E-state index contributed by atoms with van der Waals surface area (Å²) < 4.78 is 4.11. The van der Waals surface area contributed by atoms with Crippen molar-refractivity contribution in [1.29, 1.82) is 0 Å². The zero-order valence-electron chi connectivity index (χ0n) is 5.01. The van der Waals surface area contributed by atoms with Gasteiger partial charge in [-0.1, -0.05) is 5.10 Å². The molecule has 2 aromatic heterocycles. The molecule has 0 amide bonds. The van der Waals surface area contributed by atoms with Crippen molar-refractivity contribution in [1.82, 2.24) is 25.8 Å². The van der Waals surface area contributed by atoms with E-state index in [2.05, 4.69) is 30.3 Å². The molecular weight excluding hydrogens is 134 g/mol. The van der Waals surface area contributed by atoms with Crippen molar-refractivity contribution < 1.29 is 4.52 Å². The number of aromatic amines is 1. The van der Waals surface area contributed by atoms with E-state index in [-0.39, 0.29) is 0 Å². The summed E-state index contributed by atoms with van der Waals surface area (Å²) in [6.07, 6.45) is 4.61. The topological polar surface area (TPSA) is 80.5 Å². The van der Waals surface area contributed by atoms with Crippen LogP contribution in [0.4, 0.5) is 0 Å². The summed E-state index contributed by atoms with van der Waals surface area (Å²) in [7, 11) is 0. The number of nitrogens with zero attached hydrogens (tertiary/aromatic N) is 4. The maximum Gasteiger partial charge on any atom is 0.235 e. The first-order chi connectivity index (χ1) is 5.00. The molecule has 0 spiro atoms. The minimum atomic E-state index is 1.15. The quantitative estimate of drug-likeness (QED) is 0.550. The molecule has 0 bridgehead atoms. The van der Waals surface area contributed by atoms with E-state index >= 15 is 0 Å². The molecule has 1 N–H and O–H groups in total. The second-order valence-electron chi connectivity index (χ2n) is 1.26. The number of H-pyrrole nitrogens is 1. The molecule has 2 rings (SSSR count). The lowest BCUT2D eigenvalue weighted by atomic mass is 10.8. The van der Waals surface area contributed by atoms with Gasteiger partial charge < -0.3 is 4.52 Å². The summed E-state index contributed by atoms with van der Waals surface area (Å²) in [5.41, 5.74) is 0. The van der Waals surface area contributed by atoms with Gasteiger partial charge in [0.1, 0.15) is 0 Å². The third kappa shape index (κ3) is 2.55. The molecule has 0 saturated heterocycles. The zero-order valence-corrected chi connectivity index (χ0v) is 5.01. The van der Waals surface area contributed by atoms with Gasteiger partial charge >= 0.3 is 0 Å². The molecule has 6 nitrogen and oxygen atoms in total. The molecule has 6 heteroatoms. The summed E-state index contributed by atoms with van der Waals surface area (Å²) in [6.45, 7) is 0. The third-order valence-electron chi connectivity index (χ3n) is 0.635. The van der Waals surface area contributed by atoms with Crippen LogP contribution in [-0.4, -0.2) is 25.8 Å². The number of hydrogen-bond acceptors (Lipinski definition) is 5. The first-order valence-corrected chi connectivity index (χ1v) is 2.51. The van der Waals surface area contributed by atoms with E-state index in [1.807, 2.05) is 6.07 Å². The lowest BCUT2D eigenvalue weighted by Gasteiger charge is -1.49.